The molecule has 1 aliphatic rings. The Balaban J connectivity index is 1.26. The predicted molar refractivity (Wildman–Crippen MR) is 134 cm³/mol. The van der Waals surface area contributed by atoms with Crippen LogP contribution in [0.15, 0.2) is 67.1 Å². The van der Waals surface area contributed by atoms with Crippen LogP contribution in [0.4, 0.5) is 18.9 Å². The molecule has 0 bridgehead atoms. The Labute approximate surface area is 211 Å². The number of hydrogen-bond acceptors (Lipinski definition) is 5. The lowest BCUT2D eigenvalue weighted by molar-refractivity contribution is -0.139. The van der Waals surface area contributed by atoms with Crippen molar-refractivity contribution in [2.75, 3.05) is 25.5 Å². The number of fused-ring (bicyclic) bond motifs is 1. The maximum absolute atomic E-state index is 13.8. The highest BCUT2D eigenvalue weighted by molar-refractivity contribution is 5.92. The molecule has 2 aromatic heterocycles. The van der Waals surface area contributed by atoms with Gasteiger partial charge >= 0.3 is 6.18 Å². The standard InChI is InChI=1S/C27H26F3N5O2/c1-34-13-10-21(11-14-34)37-24-9-6-19(16-22(24)27(28,29)30)33-25(36)15-18-4-7-20(8-5-18)35-17-32-23-3-2-12-31-26(23)35/h2-9,12,16-17,21H,10-11,13-15H2,1H3,(H,33,36). The van der Waals surface area contributed by atoms with Crippen LogP contribution in [0.3, 0.4) is 0 Å². The predicted octanol–water partition coefficient (Wildman–Crippen LogP) is 5.09. The monoisotopic (exact) mass is 509 g/mol. The van der Waals surface area contributed by atoms with Gasteiger partial charge < -0.3 is 15.0 Å². The third kappa shape index (κ3) is 5.75. The fraction of sp³-hybridized carbons (Fsp3) is 0.296. The van der Waals surface area contributed by atoms with Gasteiger partial charge in [0.1, 0.15) is 23.7 Å². The molecule has 7 nitrogen and oxygen atoms in total. The van der Waals surface area contributed by atoms with Gasteiger partial charge in [0.2, 0.25) is 5.91 Å². The quantitative estimate of drug-likeness (QED) is 0.392. The maximum Gasteiger partial charge on any atom is 0.420 e. The van der Waals surface area contributed by atoms with E-state index in [0.717, 1.165) is 41.6 Å². The van der Waals surface area contributed by atoms with Crippen LogP contribution in [-0.2, 0) is 17.4 Å². The Morgan fingerprint density at radius 2 is 1.84 bits per heavy atom. The van der Waals surface area contributed by atoms with E-state index in [9.17, 15) is 18.0 Å². The van der Waals surface area contributed by atoms with Crippen molar-refractivity contribution in [2.45, 2.75) is 31.5 Å². The zero-order chi connectivity index (χ0) is 26.0. The van der Waals surface area contributed by atoms with Gasteiger partial charge in [-0.05, 0) is 67.9 Å². The van der Waals surface area contributed by atoms with E-state index >= 15 is 0 Å². The van der Waals surface area contributed by atoms with E-state index in [1.165, 1.54) is 12.1 Å². The van der Waals surface area contributed by atoms with Gasteiger partial charge in [-0.1, -0.05) is 12.1 Å². The number of piperidine rings is 1. The normalized spacial score (nSPS) is 15.1. The van der Waals surface area contributed by atoms with Crippen LogP contribution >= 0.6 is 0 Å². The van der Waals surface area contributed by atoms with Gasteiger partial charge in [0.05, 0.1) is 12.0 Å². The Morgan fingerprint density at radius 3 is 2.57 bits per heavy atom. The minimum Gasteiger partial charge on any atom is -0.490 e. The molecule has 0 radical (unpaired) electrons. The zero-order valence-corrected chi connectivity index (χ0v) is 20.2. The van der Waals surface area contributed by atoms with Crippen molar-refractivity contribution in [3.63, 3.8) is 0 Å². The lowest BCUT2D eigenvalue weighted by Gasteiger charge is -2.30. The van der Waals surface area contributed by atoms with Gasteiger partial charge in [-0.15, -0.1) is 0 Å². The van der Waals surface area contributed by atoms with Gasteiger partial charge in [-0.25, -0.2) is 9.97 Å². The molecule has 1 aliphatic heterocycles. The van der Waals surface area contributed by atoms with E-state index in [2.05, 4.69) is 20.2 Å². The van der Waals surface area contributed by atoms with Crippen molar-refractivity contribution < 1.29 is 22.7 Å². The fourth-order valence-electron chi connectivity index (χ4n) is 4.42. The SMILES string of the molecule is CN1CCC(Oc2ccc(NC(=O)Cc3ccc(-n4cnc5cccnc54)cc3)cc2C(F)(F)F)CC1. The number of nitrogens with zero attached hydrogens (tertiary/aromatic N) is 4. The van der Waals surface area contributed by atoms with Gasteiger partial charge in [-0.2, -0.15) is 13.2 Å². The first-order valence-corrected chi connectivity index (χ1v) is 12.0. The Morgan fingerprint density at radius 1 is 1.08 bits per heavy atom. The number of carbonyl (C=O) groups is 1. The number of aromatic nitrogens is 3. The number of rotatable bonds is 6. The molecule has 1 N–H and O–H groups in total. The van der Waals surface area contributed by atoms with Crippen molar-refractivity contribution in [1.29, 1.82) is 0 Å². The molecule has 0 spiro atoms. The molecule has 0 aliphatic carbocycles. The topological polar surface area (TPSA) is 72.3 Å². The minimum atomic E-state index is -4.61. The highest BCUT2D eigenvalue weighted by atomic mass is 19.4. The summed E-state index contributed by atoms with van der Waals surface area (Å²) in [7, 11) is 1.97. The molecule has 1 amide bonds. The molecule has 0 saturated carbocycles. The molecule has 5 rings (SSSR count). The van der Waals surface area contributed by atoms with E-state index in [4.69, 9.17) is 4.74 Å². The summed E-state index contributed by atoms with van der Waals surface area (Å²) in [6.45, 7) is 1.55. The number of ether oxygens (including phenoxy) is 1. The van der Waals surface area contributed by atoms with Crippen molar-refractivity contribution in [3.05, 3.63) is 78.2 Å². The number of carbonyl (C=O) groups excluding carboxylic acids is 1. The van der Waals surface area contributed by atoms with Crippen molar-refractivity contribution >= 4 is 22.8 Å². The summed E-state index contributed by atoms with van der Waals surface area (Å²) in [5.41, 5.74) is 2.22. The molecular weight excluding hydrogens is 483 g/mol. The second-order valence-electron chi connectivity index (χ2n) is 9.18. The summed E-state index contributed by atoms with van der Waals surface area (Å²) in [5.74, 6) is -0.628. The Bertz CT molecular complexity index is 1390. The average Bonchev–Trinajstić information content (AvgIpc) is 3.30. The molecule has 192 valence electrons. The van der Waals surface area contributed by atoms with E-state index in [1.807, 2.05) is 35.9 Å². The minimum absolute atomic E-state index is 0.0123. The summed E-state index contributed by atoms with van der Waals surface area (Å²) in [4.78, 5) is 23.4. The van der Waals surface area contributed by atoms with E-state index in [-0.39, 0.29) is 24.0 Å². The highest BCUT2D eigenvalue weighted by Crippen LogP contribution is 2.39. The number of benzene rings is 2. The molecule has 2 aromatic carbocycles. The fourth-order valence-corrected chi connectivity index (χ4v) is 4.42. The first-order chi connectivity index (χ1) is 17.8. The van der Waals surface area contributed by atoms with Crippen LogP contribution in [0.5, 0.6) is 5.75 Å². The zero-order valence-electron chi connectivity index (χ0n) is 20.2. The summed E-state index contributed by atoms with van der Waals surface area (Å²) in [6, 6.07) is 14.6. The number of pyridine rings is 1. The molecule has 10 heteroatoms. The average molecular weight is 510 g/mol. The number of imidazole rings is 1. The van der Waals surface area contributed by atoms with Crippen LogP contribution in [0.1, 0.15) is 24.0 Å². The first kappa shape index (κ1) is 24.8. The number of amides is 1. The summed E-state index contributed by atoms with van der Waals surface area (Å²) in [6.07, 6.45) is -0.162. The van der Waals surface area contributed by atoms with Crippen molar-refractivity contribution in [3.8, 4) is 11.4 Å². The lowest BCUT2D eigenvalue weighted by atomic mass is 10.1. The van der Waals surface area contributed by atoms with Crippen LogP contribution in [0.2, 0.25) is 0 Å². The third-order valence-electron chi connectivity index (χ3n) is 6.41. The number of alkyl halides is 3. The van der Waals surface area contributed by atoms with Gasteiger partial charge in [0.15, 0.2) is 5.65 Å². The first-order valence-electron chi connectivity index (χ1n) is 12.0. The lowest BCUT2D eigenvalue weighted by Crippen LogP contribution is -2.36. The molecule has 0 unspecified atom stereocenters. The second-order valence-corrected chi connectivity index (χ2v) is 9.18. The molecule has 1 fully saturated rings. The van der Waals surface area contributed by atoms with E-state index < -0.39 is 17.6 Å². The maximum atomic E-state index is 13.8. The van der Waals surface area contributed by atoms with Crippen LogP contribution in [0, 0.1) is 0 Å². The third-order valence-corrected chi connectivity index (χ3v) is 6.41. The van der Waals surface area contributed by atoms with Crippen molar-refractivity contribution in [1.82, 2.24) is 19.4 Å². The van der Waals surface area contributed by atoms with E-state index in [0.29, 0.717) is 12.8 Å². The second kappa shape index (κ2) is 10.2. The Hall–Kier alpha value is -3.92. The number of hydrogen-bond donors (Lipinski definition) is 1. The van der Waals surface area contributed by atoms with E-state index in [1.54, 1.807) is 24.7 Å². The molecule has 1 saturated heterocycles. The highest BCUT2D eigenvalue weighted by Gasteiger charge is 2.35. The van der Waals surface area contributed by atoms with Gasteiger partial charge in [0.25, 0.3) is 0 Å². The molecule has 37 heavy (non-hydrogen) atoms. The van der Waals surface area contributed by atoms with Crippen LogP contribution in [-0.4, -0.2) is 51.6 Å². The number of nitrogens with one attached hydrogen (secondary N) is 1. The number of likely N-dealkylation sites (tertiary alicyclic amines) is 1. The molecular formula is C27H26F3N5O2. The van der Waals surface area contributed by atoms with Gasteiger partial charge in [-0.3, -0.25) is 9.36 Å². The largest absolute Gasteiger partial charge is 0.490 e. The van der Waals surface area contributed by atoms with Gasteiger partial charge in [0, 0.05) is 30.7 Å². The summed E-state index contributed by atoms with van der Waals surface area (Å²) >= 11 is 0. The molecule has 0 atom stereocenters. The van der Waals surface area contributed by atoms with Crippen LogP contribution in [0.25, 0.3) is 16.9 Å². The Kier molecular flexibility index (Phi) is 6.84. The molecule has 4 aromatic rings. The summed E-state index contributed by atoms with van der Waals surface area (Å²) < 4.78 is 48.9. The summed E-state index contributed by atoms with van der Waals surface area (Å²) in [5, 5.41) is 2.58. The number of anilines is 1. The van der Waals surface area contributed by atoms with Crippen molar-refractivity contribution in [2.24, 2.45) is 0 Å². The van der Waals surface area contributed by atoms with Crippen LogP contribution < -0.4 is 10.1 Å². The molecule has 3 heterocycles. The smallest absolute Gasteiger partial charge is 0.420 e. The number of halogens is 3.